The van der Waals surface area contributed by atoms with Gasteiger partial charge in [0.25, 0.3) is 0 Å². The van der Waals surface area contributed by atoms with Crippen molar-refractivity contribution in [2.45, 2.75) is 26.2 Å². The van der Waals surface area contributed by atoms with Gasteiger partial charge in [-0.3, -0.25) is 10.2 Å². The van der Waals surface area contributed by atoms with Gasteiger partial charge in [0.2, 0.25) is 4.77 Å². The molecule has 0 unspecified atom stereocenters. The van der Waals surface area contributed by atoms with Crippen molar-refractivity contribution in [3.63, 3.8) is 0 Å². The van der Waals surface area contributed by atoms with E-state index >= 15 is 0 Å². The molecule has 0 aromatic carbocycles. The van der Waals surface area contributed by atoms with E-state index in [9.17, 15) is 0 Å². The van der Waals surface area contributed by atoms with Crippen LogP contribution in [-0.2, 0) is 5.41 Å². The van der Waals surface area contributed by atoms with Gasteiger partial charge in [-0.25, -0.2) is 4.98 Å². The predicted molar refractivity (Wildman–Crippen MR) is 77.9 cm³/mol. The molecule has 0 aliphatic heterocycles. The lowest BCUT2D eigenvalue weighted by Crippen LogP contribution is -2.14. The zero-order chi connectivity index (χ0) is 13.5. The van der Waals surface area contributed by atoms with Crippen LogP contribution in [-0.4, -0.2) is 34.3 Å². The van der Waals surface area contributed by atoms with Crippen LogP contribution in [0.5, 0.6) is 0 Å². The van der Waals surface area contributed by atoms with Gasteiger partial charge in [0.05, 0.1) is 10.6 Å². The fourth-order valence-electron chi connectivity index (χ4n) is 1.55. The standard InChI is InChI=1S/C11H17N5S2/c1-11(2,3)7-6(8-13-9(17)15-14-8)18-10(12-7)16(4)5/h1-5H3,(H2,13,14,15,17). The summed E-state index contributed by atoms with van der Waals surface area (Å²) in [5.74, 6) is 0.760. The Bertz CT molecular complexity index is 599. The summed E-state index contributed by atoms with van der Waals surface area (Å²) >= 11 is 6.62. The average Bonchev–Trinajstić information content (AvgIpc) is 2.81. The minimum absolute atomic E-state index is 0.0332. The maximum atomic E-state index is 5.00. The summed E-state index contributed by atoms with van der Waals surface area (Å²) in [5.41, 5.74) is 1.00. The van der Waals surface area contributed by atoms with Crippen LogP contribution in [0.15, 0.2) is 0 Å². The lowest BCUT2D eigenvalue weighted by atomic mass is 9.91. The topological polar surface area (TPSA) is 60.6 Å². The minimum atomic E-state index is -0.0332. The predicted octanol–water partition coefficient (Wildman–Crippen LogP) is 2.95. The number of aromatic amines is 2. The van der Waals surface area contributed by atoms with Crippen LogP contribution in [0.4, 0.5) is 5.13 Å². The molecule has 0 saturated carbocycles. The van der Waals surface area contributed by atoms with Crippen molar-refractivity contribution >= 4 is 28.7 Å². The van der Waals surface area contributed by atoms with Gasteiger partial charge in [-0.1, -0.05) is 32.1 Å². The first-order valence-corrected chi connectivity index (χ1v) is 6.85. The number of anilines is 1. The molecule has 2 heterocycles. The molecule has 0 saturated heterocycles. The van der Waals surface area contributed by atoms with E-state index in [0.717, 1.165) is 21.5 Å². The molecule has 0 atom stereocenters. The molecule has 2 rings (SSSR count). The molecule has 18 heavy (non-hydrogen) atoms. The molecule has 0 aliphatic rings. The summed E-state index contributed by atoms with van der Waals surface area (Å²) in [7, 11) is 3.98. The van der Waals surface area contributed by atoms with Crippen LogP contribution < -0.4 is 4.90 Å². The number of aromatic nitrogens is 4. The van der Waals surface area contributed by atoms with E-state index in [4.69, 9.17) is 17.2 Å². The van der Waals surface area contributed by atoms with Gasteiger partial charge in [-0.2, -0.15) is 4.98 Å². The molecule has 98 valence electrons. The Hall–Kier alpha value is -1.21. The summed E-state index contributed by atoms with van der Waals surface area (Å²) in [5, 5.41) is 6.80. The fourth-order valence-corrected chi connectivity index (χ4v) is 2.83. The van der Waals surface area contributed by atoms with E-state index in [2.05, 4.69) is 36.0 Å². The quantitative estimate of drug-likeness (QED) is 0.832. The van der Waals surface area contributed by atoms with Crippen molar-refractivity contribution in [1.29, 1.82) is 0 Å². The largest absolute Gasteiger partial charge is 0.354 e. The Morgan fingerprint density at radius 1 is 1.17 bits per heavy atom. The first-order valence-electron chi connectivity index (χ1n) is 5.62. The van der Waals surface area contributed by atoms with Gasteiger partial charge in [-0.05, 0) is 12.2 Å². The Morgan fingerprint density at radius 2 is 1.83 bits per heavy atom. The second-order valence-electron chi connectivity index (χ2n) is 5.33. The van der Waals surface area contributed by atoms with Crippen molar-refractivity contribution in [1.82, 2.24) is 20.2 Å². The second kappa shape index (κ2) is 4.47. The number of thiazole rings is 1. The lowest BCUT2D eigenvalue weighted by Gasteiger charge is -2.16. The summed E-state index contributed by atoms with van der Waals surface area (Å²) in [6.45, 7) is 6.44. The highest BCUT2D eigenvalue weighted by Crippen LogP contribution is 2.38. The maximum Gasteiger partial charge on any atom is 0.213 e. The van der Waals surface area contributed by atoms with Crippen LogP contribution in [0, 0.1) is 4.77 Å². The van der Waals surface area contributed by atoms with Crippen LogP contribution in [0.3, 0.4) is 0 Å². The maximum absolute atomic E-state index is 5.00. The molecule has 2 N–H and O–H groups in total. The van der Waals surface area contributed by atoms with Gasteiger partial charge in [-0.15, -0.1) is 0 Å². The minimum Gasteiger partial charge on any atom is -0.354 e. The smallest absolute Gasteiger partial charge is 0.213 e. The Balaban J connectivity index is 2.61. The highest BCUT2D eigenvalue weighted by molar-refractivity contribution is 7.71. The number of nitrogens with one attached hydrogen (secondary N) is 2. The van der Waals surface area contributed by atoms with E-state index in [1.807, 2.05) is 19.0 Å². The Labute approximate surface area is 115 Å². The van der Waals surface area contributed by atoms with Gasteiger partial charge in [0, 0.05) is 19.5 Å². The van der Waals surface area contributed by atoms with Crippen molar-refractivity contribution in [2.24, 2.45) is 0 Å². The Morgan fingerprint density at radius 3 is 2.28 bits per heavy atom. The average molecular weight is 283 g/mol. The van der Waals surface area contributed by atoms with Crippen LogP contribution in [0.2, 0.25) is 0 Å². The number of H-pyrrole nitrogens is 2. The van der Waals surface area contributed by atoms with Gasteiger partial charge < -0.3 is 4.90 Å². The monoisotopic (exact) mass is 283 g/mol. The van der Waals surface area contributed by atoms with E-state index in [-0.39, 0.29) is 5.41 Å². The van der Waals surface area contributed by atoms with E-state index in [0.29, 0.717) is 4.77 Å². The van der Waals surface area contributed by atoms with E-state index in [1.165, 1.54) is 0 Å². The highest BCUT2D eigenvalue weighted by atomic mass is 32.1. The molecular formula is C11H17N5S2. The first-order chi connectivity index (χ1) is 8.29. The summed E-state index contributed by atoms with van der Waals surface area (Å²) in [6.07, 6.45) is 0. The zero-order valence-corrected chi connectivity index (χ0v) is 12.8. The summed E-state index contributed by atoms with van der Waals surface area (Å²) < 4.78 is 0.463. The molecule has 0 amide bonds. The second-order valence-corrected chi connectivity index (χ2v) is 6.70. The van der Waals surface area contributed by atoms with Crippen LogP contribution in [0.25, 0.3) is 10.7 Å². The van der Waals surface area contributed by atoms with Crippen LogP contribution >= 0.6 is 23.6 Å². The van der Waals surface area contributed by atoms with E-state index < -0.39 is 0 Å². The zero-order valence-electron chi connectivity index (χ0n) is 11.2. The molecule has 2 aromatic rings. The first kappa shape index (κ1) is 13.2. The van der Waals surface area contributed by atoms with Crippen molar-refractivity contribution in [3.05, 3.63) is 10.5 Å². The normalized spacial score (nSPS) is 11.8. The molecule has 0 bridgehead atoms. The molecule has 5 nitrogen and oxygen atoms in total. The molecule has 0 fully saturated rings. The highest BCUT2D eigenvalue weighted by Gasteiger charge is 2.26. The van der Waals surface area contributed by atoms with Gasteiger partial charge >= 0.3 is 0 Å². The van der Waals surface area contributed by atoms with Crippen molar-refractivity contribution in [3.8, 4) is 10.7 Å². The van der Waals surface area contributed by atoms with Crippen LogP contribution in [0.1, 0.15) is 26.5 Å². The summed E-state index contributed by atoms with van der Waals surface area (Å²) in [4.78, 5) is 12.0. The molecule has 0 spiro atoms. The number of hydrogen-bond acceptors (Lipinski definition) is 5. The SMILES string of the molecule is CN(C)c1nc(C(C)(C)C)c(-c2nc(=S)[nH][nH]2)s1. The fraction of sp³-hybridized carbons (Fsp3) is 0.545. The number of hydrogen-bond donors (Lipinski definition) is 2. The molecule has 0 aliphatic carbocycles. The van der Waals surface area contributed by atoms with Gasteiger partial charge in [0.15, 0.2) is 11.0 Å². The van der Waals surface area contributed by atoms with E-state index in [1.54, 1.807) is 11.3 Å². The van der Waals surface area contributed by atoms with Crippen molar-refractivity contribution < 1.29 is 0 Å². The Kier molecular flexibility index (Phi) is 3.29. The number of rotatable bonds is 2. The molecular weight excluding hydrogens is 266 g/mol. The molecule has 2 aromatic heterocycles. The van der Waals surface area contributed by atoms with Gasteiger partial charge in [0.1, 0.15) is 0 Å². The summed E-state index contributed by atoms with van der Waals surface area (Å²) in [6, 6.07) is 0. The number of nitrogens with zero attached hydrogens (tertiary/aromatic N) is 3. The molecule has 0 radical (unpaired) electrons. The third kappa shape index (κ3) is 2.46. The molecule has 7 heteroatoms. The third-order valence-corrected chi connectivity index (χ3v) is 3.85. The van der Waals surface area contributed by atoms with Crippen molar-refractivity contribution in [2.75, 3.05) is 19.0 Å². The third-order valence-electron chi connectivity index (χ3n) is 2.43. The lowest BCUT2D eigenvalue weighted by molar-refractivity contribution is 0.574.